The second-order valence-electron chi connectivity index (χ2n) is 8.03. The number of halogens is 1. The van der Waals surface area contributed by atoms with E-state index in [4.69, 9.17) is 4.74 Å². The topological polar surface area (TPSA) is 53.1 Å². The summed E-state index contributed by atoms with van der Waals surface area (Å²) < 4.78 is 6.18. The molecule has 0 aromatic heterocycles. The van der Waals surface area contributed by atoms with Gasteiger partial charge in [-0.1, -0.05) is 15.9 Å². The number of amides is 2. The Labute approximate surface area is 191 Å². The Hall–Kier alpha value is -2.54. The molecule has 2 aliphatic rings. The maximum absolute atomic E-state index is 13.4. The molecule has 4 rings (SSSR count). The van der Waals surface area contributed by atoms with E-state index in [-0.39, 0.29) is 17.9 Å². The maximum Gasteiger partial charge on any atom is 0.254 e. The van der Waals surface area contributed by atoms with E-state index in [0.717, 1.165) is 54.8 Å². The number of hydrogen-bond donors (Lipinski definition) is 0. The Morgan fingerprint density at radius 1 is 0.903 bits per heavy atom. The second kappa shape index (κ2) is 9.73. The van der Waals surface area contributed by atoms with Gasteiger partial charge in [-0.25, -0.2) is 0 Å². The maximum atomic E-state index is 13.4. The van der Waals surface area contributed by atoms with Crippen LogP contribution in [0.3, 0.4) is 0 Å². The van der Waals surface area contributed by atoms with Crippen molar-refractivity contribution in [1.82, 2.24) is 9.80 Å². The molecule has 1 unspecified atom stereocenters. The standard InChI is InChI=1S/C24H28BrN3O3/c1-31-21-11-9-20(10-12-21)26-13-3-14-27(17-16-26)24(30)22-4-2-15-28(22)23(29)18-5-7-19(25)8-6-18/h5-12,22H,2-4,13-17H2,1H3. The normalized spacial score (nSPS) is 19.3. The van der Waals surface area contributed by atoms with Crippen molar-refractivity contribution in [2.75, 3.05) is 44.7 Å². The fraction of sp³-hybridized carbons (Fsp3) is 0.417. The predicted octanol–water partition coefficient (Wildman–Crippen LogP) is 3.80. The minimum atomic E-state index is -0.358. The monoisotopic (exact) mass is 485 g/mol. The molecular formula is C24H28BrN3O3. The molecule has 2 amide bonds. The van der Waals surface area contributed by atoms with Crippen molar-refractivity contribution in [3.63, 3.8) is 0 Å². The average Bonchev–Trinajstić information content (AvgIpc) is 3.16. The van der Waals surface area contributed by atoms with Crippen LogP contribution in [0, 0.1) is 0 Å². The van der Waals surface area contributed by atoms with Crippen LogP contribution in [0.15, 0.2) is 53.0 Å². The van der Waals surface area contributed by atoms with Crippen molar-refractivity contribution < 1.29 is 14.3 Å². The van der Waals surface area contributed by atoms with E-state index in [0.29, 0.717) is 18.7 Å². The highest BCUT2D eigenvalue weighted by molar-refractivity contribution is 9.10. The van der Waals surface area contributed by atoms with Crippen molar-refractivity contribution >= 4 is 33.4 Å². The largest absolute Gasteiger partial charge is 0.497 e. The van der Waals surface area contributed by atoms with Gasteiger partial charge in [0.25, 0.3) is 5.91 Å². The van der Waals surface area contributed by atoms with E-state index in [1.165, 1.54) is 0 Å². The van der Waals surface area contributed by atoms with Gasteiger partial charge in [0.2, 0.25) is 5.91 Å². The van der Waals surface area contributed by atoms with Gasteiger partial charge in [-0.05, 0) is 67.8 Å². The van der Waals surface area contributed by atoms with Gasteiger partial charge in [-0.15, -0.1) is 0 Å². The summed E-state index contributed by atoms with van der Waals surface area (Å²) in [6.07, 6.45) is 2.51. The molecule has 0 aliphatic carbocycles. The number of anilines is 1. The lowest BCUT2D eigenvalue weighted by atomic mass is 10.1. The number of likely N-dealkylation sites (tertiary alicyclic amines) is 1. The van der Waals surface area contributed by atoms with Crippen molar-refractivity contribution in [3.05, 3.63) is 58.6 Å². The van der Waals surface area contributed by atoms with Gasteiger partial charge in [-0.2, -0.15) is 0 Å². The van der Waals surface area contributed by atoms with Crippen LogP contribution in [-0.4, -0.2) is 67.5 Å². The predicted molar refractivity (Wildman–Crippen MR) is 125 cm³/mol. The third kappa shape index (κ3) is 4.87. The summed E-state index contributed by atoms with van der Waals surface area (Å²) in [6, 6.07) is 15.0. The number of nitrogens with zero attached hydrogens (tertiary/aromatic N) is 3. The van der Waals surface area contributed by atoms with Crippen molar-refractivity contribution in [3.8, 4) is 5.75 Å². The Bertz CT molecular complexity index is 917. The highest BCUT2D eigenvalue weighted by Gasteiger charge is 2.37. The highest BCUT2D eigenvalue weighted by Crippen LogP contribution is 2.25. The lowest BCUT2D eigenvalue weighted by molar-refractivity contribution is -0.135. The third-order valence-electron chi connectivity index (χ3n) is 6.14. The summed E-state index contributed by atoms with van der Waals surface area (Å²) in [7, 11) is 1.66. The smallest absolute Gasteiger partial charge is 0.254 e. The summed E-state index contributed by atoms with van der Waals surface area (Å²) in [5.41, 5.74) is 1.77. The first-order valence-corrected chi connectivity index (χ1v) is 11.6. The fourth-order valence-corrected chi connectivity index (χ4v) is 4.69. The molecule has 31 heavy (non-hydrogen) atoms. The fourth-order valence-electron chi connectivity index (χ4n) is 4.42. The van der Waals surface area contributed by atoms with Crippen molar-refractivity contribution in [1.29, 1.82) is 0 Å². The molecule has 2 aromatic carbocycles. The van der Waals surface area contributed by atoms with Gasteiger partial charge in [0.15, 0.2) is 0 Å². The first-order valence-electron chi connectivity index (χ1n) is 10.8. The molecule has 7 heteroatoms. The number of carbonyl (C=O) groups is 2. The van der Waals surface area contributed by atoms with Crippen LogP contribution in [-0.2, 0) is 4.79 Å². The second-order valence-corrected chi connectivity index (χ2v) is 8.94. The van der Waals surface area contributed by atoms with Gasteiger partial charge < -0.3 is 19.4 Å². The highest BCUT2D eigenvalue weighted by atomic mass is 79.9. The Balaban J connectivity index is 1.41. The number of benzene rings is 2. The van der Waals surface area contributed by atoms with E-state index in [2.05, 4.69) is 33.0 Å². The van der Waals surface area contributed by atoms with Gasteiger partial charge in [0, 0.05) is 48.4 Å². The summed E-state index contributed by atoms with van der Waals surface area (Å²) in [5.74, 6) is 0.865. The molecule has 2 aliphatic heterocycles. The van der Waals surface area contributed by atoms with Crippen LogP contribution >= 0.6 is 15.9 Å². The minimum Gasteiger partial charge on any atom is -0.497 e. The first kappa shape index (κ1) is 21.7. The van der Waals surface area contributed by atoms with Crippen LogP contribution < -0.4 is 9.64 Å². The molecule has 164 valence electrons. The lowest BCUT2D eigenvalue weighted by Gasteiger charge is -2.30. The molecule has 0 radical (unpaired) electrons. The molecule has 0 bridgehead atoms. The number of hydrogen-bond acceptors (Lipinski definition) is 4. The van der Waals surface area contributed by atoms with Crippen molar-refractivity contribution in [2.24, 2.45) is 0 Å². The van der Waals surface area contributed by atoms with Crippen LogP contribution in [0.25, 0.3) is 0 Å². The van der Waals surface area contributed by atoms with Crippen LogP contribution in [0.1, 0.15) is 29.6 Å². The van der Waals surface area contributed by atoms with Gasteiger partial charge in [0.1, 0.15) is 11.8 Å². The van der Waals surface area contributed by atoms with Crippen LogP contribution in [0.5, 0.6) is 5.75 Å². The zero-order valence-electron chi connectivity index (χ0n) is 17.8. The zero-order valence-corrected chi connectivity index (χ0v) is 19.4. The third-order valence-corrected chi connectivity index (χ3v) is 6.66. The molecular weight excluding hydrogens is 458 g/mol. The summed E-state index contributed by atoms with van der Waals surface area (Å²) >= 11 is 3.41. The molecule has 0 N–H and O–H groups in total. The number of methoxy groups -OCH3 is 1. The quantitative estimate of drug-likeness (QED) is 0.660. The molecule has 2 aromatic rings. The van der Waals surface area contributed by atoms with E-state index in [9.17, 15) is 9.59 Å². The molecule has 2 heterocycles. The number of ether oxygens (including phenoxy) is 1. The molecule has 2 saturated heterocycles. The van der Waals surface area contributed by atoms with Crippen LogP contribution in [0.2, 0.25) is 0 Å². The van der Waals surface area contributed by atoms with Gasteiger partial charge in [0.05, 0.1) is 7.11 Å². The first-order chi connectivity index (χ1) is 15.1. The van der Waals surface area contributed by atoms with E-state index in [1.807, 2.05) is 41.3 Å². The van der Waals surface area contributed by atoms with E-state index < -0.39 is 0 Å². The summed E-state index contributed by atoms with van der Waals surface area (Å²) in [6.45, 7) is 3.72. The SMILES string of the molecule is COc1ccc(N2CCCN(C(=O)C3CCCN3C(=O)c3ccc(Br)cc3)CC2)cc1. The number of rotatable bonds is 4. The molecule has 6 nitrogen and oxygen atoms in total. The van der Waals surface area contributed by atoms with E-state index >= 15 is 0 Å². The molecule has 2 fully saturated rings. The lowest BCUT2D eigenvalue weighted by Crippen LogP contribution is -2.48. The molecule has 0 spiro atoms. The van der Waals surface area contributed by atoms with Crippen molar-refractivity contribution in [2.45, 2.75) is 25.3 Å². The summed E-state index contributed by atoms with van der Waals surface area (Å²) in [5, 5.41) is 0. The van der Waals surface area contributed by atoms with Gasteiger partial charge in [-0.3, -0.25) is 9.59 Å². The summed E-state index contributed by atoms with van der Waals surface area (Å²) in [4.78, 5) is 32.4. The zero-order chi connectivity index (χ0) is 21.8. The van der Waals surface area contributed by atoms with E-state index in [1.54, 1.807) is 12.0 Å². The Morgan fingerprint density at radius 2 is 1.65 bits per heavy atom. The Kier molecular flexibility index (Phi) is 6.80. The average molecular weight is 486 g/mol. The minimum absolute atomic E-state index is 0.0574. The Morgan fingerprint density at radius 3 is 2.35 bits per heavy atom. The van der Waals surface area contributed by atoms with Gasteiger partial charge >= 0.3 is 0 Å². The molecule has 0 saturated carbocycles. The molecule has 1 atom stereocenters. The van der Waals surface area contributed by atoms with Crippen LogP contribution in [0.4, 0.5) is 5.69 Å². The number of carbonyl (C=O) groups excluding carboxylic acids is 2.